The van der Waals surface area contributed by atoms with Crippen LogP contribution < -0.4 is 10.9 Å². The molecule has 2 aromatic carbocycles. The lowest BCUT2D eigenvalue weighted by Crippen LogP contribution is -2.37. The molecule has 0 aliphatic heterocycles. The number of carbonyl (C=O) groups is 2. The summed E-state index contributed by atoms with van der Waals surface area (Å²) in [5.41, 5.74) is 3.67. The van der Waals surface area contributed by atoms with Gasteiger partial charge >= 0.3 is 11.4 Å². The smallest absolute Gasteiger partial charge is 0.311 e. The van der Waals surface area contributed by atoms with Crippen LogP contribution in [0.2, 0.25) is 0 Å². The number of nitro groups is 2. The lowest BCUT2D eigenvalue weighted by Gasteiger charge is -2.10. The number of hydrogen-bond donors (Lipinski definition) is 4. The Morgan fingerprint density at radius 3 is 1.64 bits per heavy atom. The molecule has 2 rings (SSSR count). The van der Waals surface area contributed by atoms with Crippen LogP contribution in [0, 0.1) is 26.1 Å². The number of carbonyl (C=O) groups excluding carboxylic acids is 2. The van der Waals surface area contributed by atoms with Gasteiger partial charge in [0.25, 0.3) is 11.8 Å². The fourth-order valence-corrected chi connectivity index (χ4v) is 2.52. The van der Waals surface area contributed by atoms with Crippen LogP contribution in [0.5, 0.6) is 11.5 Å². The quantitative estimate of drug-likeness (QED) is 0.187. The number of nitrogens with zero attached hydrogens (tertiary/aromatic N) is 4. The van der Waals surface area contributed by atoms with E-state index in [-0.39, 0.29) is 17.5 Å². The molecule has 0 heterocycles. The molecule has 14 heteroatoms. The minimum atomic E-state index is -1.18. The Kier molecular flexibility index (Phi) is 8.09. The zero-order valence-electron chi connectivity index (χ0n) is 17.0. The molecular weight excluding hydrogens is 440 g/mol. The lowest BCUT2D eigenvalue weighted by atomic mass is 10.1. The summed E-state index contributed by atoms with van der Waals surface area (Å²) in [5.74, 6) is -3.76. The van der Waals surface area contributed by atoms with E-state index in [1.165, 1.54) is 12.1 Å². The summed E-state index contributed by atoms with van der Waals surface area (Å²) >= 11 is 0. The summed E-state index contributed by atoms with van der Waals surface area (Å²) in [7, 11) is 0. The molecule has 33 heavy (non-hydrogen) atoms. The number of nitro benzene ring substituents is 2. The van der Waals surface area contributed by atoms with E-state index in [0.717, 1.165) is 36.7 Å². The number of hydrazone groups is 2. The van der Waals surface area contributed by atoms with Crippen molar-refractivity contribution in [3.8, 4) is 11.5 Å². The van der Waals surface area contributed by atoms with E-state index in [2.05, 4.69) is 21.1 Å². The summed E-state index contributed by atoms with van der Waals surface area (Å²) < 4.78 is 0. The standard InChI is InChI=1S/C19H18N6O8/c1-2-13(18(28)22-20-9-11-3-5-16(26)14(7-11)24(30)31)19(29)23-21-10-12-4-6-17(27)15(8-12)25(32)33/h3-10,13,26-27H,2H2,1H3,(H,22,28)(H,23,29)/b20-9+,21-10+. The third-order valence-corrected chi connectivity index (χ3v) is 4.21. The fraction of sp³-hybridized carbons (Fsp3) is 0.158. The van der Waals surface area contributed by atoms with Gasteiger partial charge in [-0.3, -0.25) is 29.8 Å². The van der Waals surface area contributed by atoms with Crippen molar-refractivity contribution in [3.63, 3.8) is 0 Å². The maximum Gasteiger partial charge on any atom is 0.311 e. The van der Waals surface area contributed by atoms with Gasteiger partial charge in [0.15, 0.2) is 11.5 Å². The Morgan fingerprint density at radius 2 is 1.30 bits per heavy atom. The van der Waals surface area contributed by atoms with Crippen LogP contribution in [0.4, 0.5) is 11.4 Å². The molecule has 0 aliphatic rings. The maximum atomic E-state index is 12.2. The van der Waals surface area contributed by atoms with Crippen LogP contribution >= 0.6 is 0 Å². The third-order valence-electron chi connectivity index (χ3n) is 4.21. The molecule has 0 fully saturated rings. The first-order chi connectivity index (χ1) is 15.6. The van der Waals surface area contributed by atoms with Crippen molar-refractivity contribution in [2.24, 2.45) is 16.1 Å². The van der Waals surface area contributed by atoms with Gasteiger partial charge in [-0.15, -0.1) is 0 Å². The van der Waals surface area contributed by atoms with E-state index in [9.17, 15) is 40.0 Å². The Bertz CT molecular complexity index is 1060. The van der Waals surface area contributed by atoms with Gasteiger partial charge < -0.3 is 10.2 Å². The van der Waals surface area contributed by atoms with E-state index in [1.54, 1.807) is 6.92 Å². The summed E-state index contributed by atoms with van der Waals surface area (Å²) in [6.07, 6.45) is 2.30. The minimum Gasteiger partial charge on any atom is -0.502 e. The summed E-state index contributed by atoms with van der Waals surface area (Å²) in [6.45, 7) is 1.57. The van der Waals surface area contributed by atoms with E-state index in [0.29, 0.717) is 0 Å². The van der Waals surface area contributed by atoms with Gasteiger partial charge in [-0.05, 0) is 30.7 Å². The lowest BCUT2D eigenvalue weighted by molar-refractivity contribution is -0.386. The molecule has 0 saturated heterocycles. The van der Waals surface area contributed by atoms with Gasteiger partial charge in [0, 0.05) is 23.3 Å². The molecule has 2 aromatic rings. The first-order valence-corrected chi connectivity index (χ1v) is 9.24. The molecular formula is C19H18N6O8. The highest BCUT2D eigenvalue weighted by Crippen LogP contribution is 2.26. The first-order valence-electron chi connectivity index (χ1n) is 9.24. The molecule has 0 atom stereocenters. The molecule has 2 amide bonds. The number of phenols is 2. The van der Waals surface area contributed by atoms with Crippen molar-refractivity contribution in [1.82, 2.24) is 10.9 Å². The molecule has 0 spiro atoms. The van der Waals surface area contributed by atoms with Crippen LogP contribution in [0.3, 0.4) is 0 Å². The molecule has 0 unspecified atom stereocenters. The monoisotopic (exact) mass is 458 g/mol. The number of amides is 2. The molecule has 0 bridgehead atoms. The van der Waals surface area contributed by atoms with Gasteiger partial charge in [-0.2, -0.15) is 10.2 Å². The molecule has 0 aliphatic carbocycles. The Labute approximate surface area is 185 Å². The number of nitrogens with one attached hydrogen (secondary N) is 2. The molecule has 0 saturated carbocycles. The van der Waals surface area contributed by atoms with Gasteiger partial charge in [0.1, 0.15) is 5.92 Å². The number of phenolic OH excluding ortho intramolecular Hbond substituents is 2. The van der Waals surface area contributed by atoms with Crippen molar-refractivity contribution in [2.45, 2.75) is 13.3 Å². The zero-order valence-corrected chi connectivity index (χ0v) is 17.0. The van der Waals surface area contributed by atoms with Crippen LogP contribution in [0.15, 0.2) is 46.6 Å². The van der Waals surface area contributed by atoms with Crippen LogP contribution in [-0.4, -0.2) is 44.3 Å². The second kappa shape index (κ2) is 10.9. The van der Waals surface area contributed by atoms with Gasteiger partial charge in [-0.1, -0.05) is 6.92 Å². The zero-order chi connectivity index (χ0) is 24.5. The highest BCUT2D eigenvalue weighted by Gasteiger charge is 2.24. The largest absolute Gasteiger partial charge is 0.502 e. The molecule has 0 aromatic heterocycles. The highest BCUT2D eigenvalue weighted by molar-refractivity contribution is 6.00. The maximum absolute atomic E-state index is 12.2. The average Bonchev–Trinajstić information content (AvgIpc) is 2.76. The Hall–Kier alpha value is -4.88. The second-order valence-electron chi connectivity index (χ2n) is 6.44. The van der Waals surface area contributed by atoms with E-state index in [1.807, 2.05) is 0 Å². The van der Waals surface area contributed by atoms with Crippen LogP contribution in [0.25, 0.3) is 0 Å². The van der Waals surface area contributed by atoms with Crippen LogP contribution in [-0.2, 0) is 9.59 Å². The fourth-order valence-electron chi connectivity index (χ4n) is 2.52. The van der Waals surface area contributed by atoms with Gasteiger partial charge in [0.2, 0.25) is 0 Å². The van der Waals surface area contributed by atoms with Gasteiger partial charge in [0.05, 0.1) is 22.3 Å². The summed E-state index contributed by atoms with van der Waals surface area (Å²) in [4.78, 5) is 44.6. The van der Waals surface area contributed by atoms with Crippen molar-refractivity contribution < 1.29 is 29.6 Å². The Morgan fingerprint density at radius 1 is 0.909 bits per heavy atom. The number of benzene rings is 2. The van der Waals surface area contributed by atoms with E-state index >= 15 is 0 Å². The number of hydrogen-bond acceptors (Lipinski definition) is 10. The SMILES string of the molecule is CCC(C(=O)N/N=C/c1ccc(O)c([N+](=O)[O-])c1)C(=O)N/N=C/c1ccc(O)c([N+](=O)[O-])c1. The number of rotatable bonds is 9. The first kappa shape index (κ1) is 24.4. The van der Waals surface area contributed by atoms with Crippen molar-refractivity contribution in [3.05, 3.63) is 67.8 Å². The third kappa shape index (κ3) is 6.55. The summed E-state index contributed by atoms with van der Waals surface area (Å²) in [5, 5.41) is 47.8. The molecule has 14 nitrogen and oxygen atoms in total. The molecule has 0 radical (unpaired) electrons. The topological polar surface area (TPSA) is 210 Å². The second-order valence-corrected chi connectivity index (χ2v) is 6.44. The minimum absolute atomic E-state index is 0.0953. The van der Waals surface area contributed by atoms with Crippen molar-refractivity contribution in [2.75, 3.05) is 0 Å². The predicted octanol–water partition coefficient (Wildman–Crippen LogP) is 1.54. The van der Waals surface area contributed by atoms with Crippen molar-refractivity contribution in [1.29, 1.82) is 0 Å². The van der Waals surface area contributed by atoms with Gasteiger partial charge in [-0.25, -0.2) is 10.9 Å². The normalized spacial score (nSPS) is 11.1. The van der Waals surface area contributed by atoms with E-state index < -0.39 is 50.5 Å². The Balaban J connectivity index is 1.99. The highest BCUT2D eigenvalue weighted by atomic mass is 16.6. The average molecular weight is 458 g/mol. The predicted molar refractivity (Wildman–Crippen MR) is 115 cm³/mol. The summed E-state index contributed by atoms with van der Waals surface area (Å²) in [6, 6.07) is 6.98. The van der Waals surface area contributed by atoms with E-state index in [4.69, 9.17) is 0 Å². The van der Waals surface area contributed by atoms with Crippen molar-refractivity contribution >= 4 is 35.6 Å². The number of aromatic hydroxyl groups is 2. The van der Waals surface area contributed by atoms with Crippen LogP contribution in [0.1, 0.15) is 24.5 Å². The molecule has 172 valence electrons. The molecule has 4 N–H and O–H groups in total.